The summed E-state index contributed by atoms with van der Waals surface area (Å²) in [5, 5.41) is 10.3. The van der Waals surface area contributed by atoms with Crippen LogP contribution in [0.3, 0.4) is 0 Å². The fourth-order valence-corrected chi connectivity index (χ4v) is 6.45. The Hall–Kier alpha value is -2.80. The van der Waals surface area contributed by atoms with Crippen molar-refractivity contribution in [2.75, 3.05) is 26.7 Å². The summed E-state index contributed by atoms with van der Waals surface area (Å²) >= 11 is 0. The Balaban J connectivity index is 1.33. The first-order valence-corrected chi connectivity index (χ1v) is 13.3. The molecule has 2 aromatic rings. The molecule has 0 radical (unpaired) electrons. The smallest absolute Gasteiger partial charge is 0.416 e. The van der Waals surface area contributed by atoms with E-state index in [1.165, 1.54) is 37.6 Å². The second-order valence-corrected chi connectivity index (χ2v) is 11.2. The van der Waals surface area contributed by atoms with Crippen LogP contribution in [0.1, 0.15) is 55.2 Å². The number of benzene rings is 2. The average molecular weight is 513 g/mol. The Morgan fingerprint density at radius 3 is 2.65 bits per heavy atom. The number of likely N-dealkylation sites (N-methyl/N-ethyl adjacent to an activating group) is 1. The van der Waals surface area contributed by atoms with Gasteiger partial charge in [0.2, 0.25) is 5.91 Å². The number of alkyl halides is 3. The zero-order valence-corrected chi connectivity index (χ0v) is 21.3. The van der Waals surface area contributed by atoms with Gasteiger partial charge in [0, 0.05) is 37.7 Å². The van der Waals surface area contributed by atoms with Crippen LogP contribution in [0.2, 0.25) is 0 Å². The van der Waals surface area contributed by atoms with E-state index >= 15 is 0 Å². The molecule has 37 heavy (non-hydrogen) atoms. The molecule has 3 fully saturated rings. The van der Waals surface area contributed by atoms with Crippen LogP contribution in [0.15, 0.2) is 54.6 Å². The number of piperidine rings is 1. The van der Waals surface area contributed by atoms with Gasteiger partial charge < -0.3 is 14.9 Å². The van der Waals surface area contributed by atoms with Crippen LogP contribution in [0, 0.1) is 11.8 Å². The summed E-state index contributed by atoms with van der Waals surface area (Å²) in [5.41, 5.74) is 0.657. The number of rotatable bonds is 6. The largest absolute Gasteiger partial charge is 0.508 e. The predicted octanol–water partition coefficient (Wildman–Crippen LogP) is 6.11. The summed E-state index contributed by atoms with van der Waals surface area (Å²) in [6.07, 6.45) is 4.78. The van der Waals surface area contributed by atoms with Crippen molar-refractivity contribution in [1.29, 1.82) is 0 Å². The summed E-state index contributed by atoms with van der Waals surface area (Å²) in [6.45, 7) is 3.24. The highest BCUT2D eigenvalue weighted by atomic mass is 19.4. The Bertz CT molecular complexity index is 1160. The molecule has 1 saturated heterocycles. The number of phenols is 1. The van der Waals surface area contributed by atoms with E-state index in [1.807, 2.05) is 12.1 Å². The minimum atomic E-state index is -4.42. The van der Waals surface area contributed by atoms with Crippen molar-refractivity contribution in [3.05, 3.63) is 71.3 Å². The molecule has 3 atom stereocenters. The number of halogens is 3. The Kier molecular flexibility index (Phi) is 7.10. The van der Waals surface area contributed by atoms with E-state index in [-0.39, 0.29) is 23.1 Å². The van der Waals surface area contributed by atoms with Gasteiger partial charge in [0.15, 0.2) is 0 Å². The number of carbonyl (C=O) groups is 1. The number of fused-ring (bicyclic) bond motifs is 1. The molecule has 1 heterocycles. The molecule has 0 bridgehead atoms. The third kappa shape index (κ3) is 5.71. The van der Waals surface area contributed by atoms with Gasteiger partial charge in [-0.25, -0.2) is 0 Å². The van der Waals surface area contributed by atoms with Gasteiger partial charge in [-0.3, -0.25) is 4.79 Å². The molecule has 1 aliphatic heterocycles. The lowest BCUT2D eigenvalue weighted by Gasteiger charge is -2.54. The molecule has 198 valence electrons. The van der Waals surface area contributed by atoms with Crippen LogP contribution in [-0.4, -0.2) is 53.5 Å². The average Bonchev–Trinajstić information content (AvgIpc) is 3.70. The predicted molar refractivity (Wildman–Crippen MR) is 138 cm³/mol. The summed E-state index contributed by atoms with van der Waals surface area (Å²) in [7, 11) is 1.79. The Morgan fingerprint density at radius 2 is 1.92 bits per heavy atom. The van der Waals surface area contributed by atoms with Crippen molar-refractivity contribution in [2.24, 2.45) is 11.8 Å². The first-order valence-electron chi connectivity index (χ1n) is 13.3. The monoisotopic (exact) mass is 512 g/mol. The molecule has 0 aromatic heterocycles. The van der Waals surface area contributed by atoms with E-state index in [0.29, 0.717) is 11.5 Å². The number of likely N-dealkylation sites (tertiary alicyclic amines) is 1. The molecule has 2 saturated carbocycles. The van der Waals surface area contributed by atoms with Crippen LogP contribution in [-0.2, 0) is 16.4 Å². The number of carbonyl (C=O) groups excluding carboxylic acids is 1. The zero-order chi connectivity index (χ0) is 26.2. The molecule has 7 heteroatoms. The van der Waals surface area contributed by atoms with E-state index in [0.717, 1.165) is 62.4 Å². The van der Waals surface area contributed by atoms with Gasteiger partial charge in [-0.1, -0.05) is 24.3 Å². The van der Waals surface area contributed by atoms with E-state index in [4.69, 9.17) is 0 Å². The van der Waals surface area contributed by atoms with Gasteiger partial charge in [0.25, 0.3) is 0 Å². The zero-order valence-electron chi connectivity index (χ0n) is 21.3. The molecule has 1 amide bonds. The molecular weight excluding hydrogens is 477 g/mol. The minimum absolute atomic E-state index is 0.0206. The highest BCUT2D eigenvalue weighted by Crippen LogP contribution is 2.51. The van der Waals surface area contributed by atoms with Gasteiger partial charge in [0.05, 0.1) is 5.56 Å². The summed E-state index contributed by atoms with van der Waals surface area (Å²) in [4.78, 5) is 17.5. The van der Waals surface area contributed by atoms with Gasteiger partial charge >= 0.3 is 6.18 Å². The van der Waals surface area contributed by atoms with Crippen LogP contribution in [0.4, 0.5) is 13.2 Å². The normalized spacial score (nSPS) is 26.7. The number of hydrogen-bond donors (Lipinski definition) is 1. The van der Waals surface area contributed by atoms with Crippen molar-refractivity contribution in [1.82, 2.24) is 9.80 Å². The Labute approximate surface area is 216 Å². The SMILES string of the molecule is CN(C(=O)/C=C/c1cccc(C(F)(F)F)c1)[C@H]1CCC2CN(CC3CC3)CC[C@]2(c2cccc(O)c2)C1. The van der Waals surface area contributed by atoms with E-state index in [1.54, 1.807) is 24.1 Å². The number of amides is 1. The molecule has 2 aromatic carbocycles. The maximum Gasteiger partial charge on any atom is 0.416 e. The second kappa shape index (κ2) is 10.2. The Morgan fingerprint density at radius 1 is 1.14 bits per heavy atom. The van der Waals surface area contributed by atoms with E-state index < -0.39 is 11.7 Å². The topological polar surface area (TPSA) is 43.8 Å². The van der Waals surface area contributed by atoms with Gasteiger partial charge in [-0.2, -0.15) is 13.2 Å². The lowest BCUT2D eigenvalue weighted by atomic mass is 9.57. The maximum atomic E-state index is 13.1. The summed E-state index contributed by atoms with van der Waals surface area (Å²) in [5.74, 6) is 1.36. The fraction of sp³-hybridized carbons (Fsp3) is 0.500. The first-order chi connectivity index (χ1) is 17.6. The minimum Gasteiger partial charge on any atom is -0.508 e. The van der Waals surface area contributed by atoms with Gasteiger partial charge in [-0.15, -0.1) is 0 Å². The molecule has 3 aliphatic rings. The third-order valence-corrected chi connectivity index (χ3v) is 8.74. The van der Waals surface area contributed by atoms with E-state index in [2.05, 4.69) is 11.0 Å². The summed E-state index contributed by atoms with van der Waals surface area (Å²) in [6, 6.07) is 12.6. The van der Waals surface area contributed by atoms with Crippen LogP contribution < -0.4 is 0 Å². The fourth-order valence-electron chi connectivity index (χ4n) is 6.45. The van der Waals surface area contributed by atoms with Crippen molar-refractivity contribution in [2.45, 2.75) is 56.2 Å². The summed E-state index contributed by atoms with van der Waals surface area (Å²) < 4.78 is 39.1. The quantitative estimate of drug-likeness (QED) is 0.476. The van der Waals surface area contributed by atoms with Crippen LogP contribution in [0.5, 0.6) is 5.75 Å². The lowest BCUT2D eigenvalue weighted by molar-refractivity contribution is -0.137. The maximum absolute atomic E-state index is 13.1. The van der Waals surface area contributed by atoms with Crippen LogP contribution in [0.25, 0.3) is 6.08 Å². The van der Waals surface area contributed by atoms with Gasteiger partial charge in [0.1, 0.15) is 5.75 Å². The number of nitrogens with zero attached hydrogens (tertiary/aromatic N) is 2. The third-order valence-electron chi connectivity index (χ3n) is 8.74. The molecule has 1 N–H and O–H groups in total. The molecule has 2 aliphatic carbocycles. The van der Waals surface area contributed by atoms with Crippen molar-refractivity contribution in [3.8, 4) is 5.75 Å². The number of hydrogen-bond acceptors (Lipinski definition) is 3. The van der Waals surface area contributed by atoms with Crippen molar-refractivity contribution < 1.29 is 23.1 Å². The van der Waals surface area contributed by atoms with Gasteiger partial charge in [-0.05, 0) is 98.4 Å². The van der Waals surface area contributed by atoms with E-state index in [9.17, 15) is 23.1 Å². The number of aromatic hydroxyl groups is 1. The molecule has 5 rings (SSSR count). The molecule has 4 nitrogen and oxygen atoms in total. The highest BCUT2D eigenvalue weighted by Gasteiger charge is 2.49. The van der Waals surface area contributed by atoms with Crippen LogP contribution >= 0.6 is 0 Å². The molecule has 1 unspecified atom stereocenters. The lowest BCUT2D eigenvalue weighted by Crippen LogP contribution is -2.56. The molecule has 0 spiro atoms. The second-order valence-electron chi connectivity index (χ2n) is 11.2. The first kappa shape index (κ1) is 25.8. The van der Waals surface area contributed by atoms with Crippen molar-refractivity contribution >= 4 is 12.0 Å². The molecular formula is C30H35F3N2O2. The standard InChI is InChI=1S/C30H35F3N2O2/c1-34(28(37)13-10-21-4-2-6-24(16-21)30(31,32)33)26-12-11-25-20-35(19-22-8-9-22)15-14-29(25,18-26)23-5-3-7-27(36)17-23/h2-7,10,13,16-17,22,25-26,36H,8-9,11-12,14-15,18-20H2,1H3/b13-10+/t25?,26-,29+/m0/s1. The van der Waals surface area contributed by atoms with Crippen molar-refractivity contribution in [3.63, 3.8) is 0 Å². The number of phenolic OH excluding ortho intramolecular Hbond substituents is 1. The highest BCUT2D eigenvalue weighted by molar-refractivity contribution is 5.91.